The summed E-state index contributed by atoms with van der Waals surface area (Å²) in [6, 6.07) is 15.2. The minimum atomic E-state index is -3.51. The van der Waals surface area contributed by atoms with Gasteiger partial charge in [-0.3, -0.25) is 9.59 Å². The number of carbonyl (C=O) groups excluding carboxylic acids is 2. The number of nitrogens with zero attached hydrogens (tertiary/aromatic N) is 1. The highest BCUT2D eigenvalue weighted by atomic mass is 32.2. The van der Waals surface area contributed by atoms with E-state index in [1.807, 2.05) is 18.2 Å². The van der Waals surface area contributed by atoms with Crippen molar-refractivity contribution in [3.63, 3.8) is 0 Å². The van der Waals surface area contributed by atoms with E-state index < -0.39 is 10.0 Å². The van der Waals surface area contributed by atoms with E-state index in [0.29, 0.717) is 43.7 Å². The van der Waals surface area contributed by atoms with Crippen molar-refractivity contribution in [2.24, 2.45) is 5.92 Å². The molecule has 154 valence electrons. The molecular weight excluding hydrogens is 390 g/mol. The van der Waals surface area contributed by atoms with Crippen LogP contribution in [0.15, 0.2) is 59.5 Å². The molecule has 29 heavy (non-hydrogen) atoms. The number of rotatable bonds is 6. The molecule has 1 aliphatic heterocycles. The van der Waals surface area contributed by atoms with Crippen LogP contribution in [0.1, 0.15) is 30.1 Å². The highest BCUT2D eigenvalue weighted by Crippen LogP contribution is 2.22. The fraction of sp³-hybridized carbons (Fsp3) is 0.333. The van der Waals surface area contributed by atoms with Gasteiger partial charge in [-0.1, -0.05) is 25.1 Å². The molecule has 7 nitrogen and oxygen atoms in total. The van der Waals surface area contributed by atoms with E-state index in [2.05, 4.69) is 10.0 Å². The van der Waals surface area contributed by atoms with E-state index in [1.165, 1.54) is 12.1 Å². The van der Waals surface area contributed by atoms with Crippen LogP contribution in [0.4, 0.5) is 5.69 Å². The van der Waals surface area contributed by atoms with Crippen LogP contribution in [0.25, 0.3) is 0 Å². The van der Waals surface area contributed by atoms with Gasteiger partial charge in [0, 0.05) is 36.8 Å². The predicted molar refractivity (Wildman–Crippen MR) is 111 cm³/mol. The number of piperidine rings is 1. The molecule has 2 N–H and O–H groups in total. The number of benzene rings is 2. The lowest BCUT2D eigenvalue weighted by molar-refractivity contribution is -0.121. The van der Waals surface area contributed by atoms with Crippen LogP contribution < -0.4 is 10.0 Å². The van der Waals surface area contributed by atoms with Gasteiger partial charge >= 0.3 is 0 Å². The number of likely N-dealkylation sites (tertiary alicyclic amines) is 1. The molecule has 8 heteroatoms. The molecule has 0 spiro atoms. The number of anilines is 1. The Labute approximate surface area is 171 Å². The van der Waals surface area contributed by atoms with Crippen molar-refractivity contribution in [1.29, 1.82) is 0 Å². The molecule has 1 fully saturated rings. The first-order chi connectivity index (χ1) is 13.9. The van der Waals surface area contributed by atoms with Crippen LogP contribution in [0.2, 0.25) is 0 Å². The summed E-state index contributed by atoms with van der Waals surface area (Å²) < 4.78 is 26.4. The summed E-state index contributed by atoms with van der Waals surface area (Å²) in [6.45, 7) is 3.09. The van der Waals surface area contributed by atoms with Crippen LogP contribution in [-0.2, 0) is 14.8 Å². The average Bonchev–Trinajstić information content (AvgIpc) is 2.74. The third-order valence-electron chi connectivity index (χ3n) is 4.94. The van der Waals surface area contributed by atoms with Gasteiger partial charge in [0.25, 0.3) is 5.91 Å². The molecule has 0 radical (unpaired) electrons. The molecule has 2 aromatic carbocycles. The Bertz CT molecular complexity index is 951. The smallest absolute Gasteiger partial charge is 0.253 e. The van der Waals surface area contributed by atoms with Gasteiger partial charge in [-0.2, -0.15) is 0 Å². The number of sulfonamides is 1. The number of nitrogens with one attached hydrogen (secondary N) is 2. The number of amides is 2. The molecule has 3 rings (SSSR count). The summed E-state index contributed by atoms with van der Waals surface area (Å²) in [7, 11) is -3.51. The largest absolute Gasteiger partial charge is 0.339 e. The fourth-order valence-corrected chi connectivity index (χ4v) is 4.38. The predicted octanol–water partition coefficient (Wildman–Crippen LogP) is 2.48. The molecule has 2 amide bonds. The maximum Gasteiger partial charge on any atom is 0.253 e. The van der Waals surface area contributed by atoms with E-state index in [4.69, 9.17) is 0 Å². The van der Waals surface area contributed by atoms with Gasteiger partial charge in [-0.15, -0.1) is 0 Å². The zero-order chi connectivity index (χ0) is 20.9. The first-order valence-electron chi connectivity index (χ1n) is 9.65. The van der Waals surface area contributed by atoms with Crippen molar-refractivity contribution in [3.05, 3.63) is 60.2 Å². The molecule has 1 heterocycles. The van der Waals surface area contributed by atoms with E-state index in [0.717, 1.165) is 0 Å². The highest BCUT2D eigenvalue weighted by Gasteiger charge is 2.28. The SMILES string of the molecule is CCNS(=O)(=O)c1ccc(NC(=O)C2CCN(C(=O)c3ccccc3)CC2)cc1. The zero-order valence-electron chi connectivity index (χ0n) is 16.3. The Morgan fingerprint density at radius 3 is 2.21 bits per heavy atom. The number of hydrogen-bond acceptors (Lipinski definition) is 4. The van der Waals surface area contributed by atoms with E-state index in [-0.39, 0.29) is 22.6 Å². The van der Waals surface area contributed by atoms with Crippen molar-refractivity contribution >= 4 is 27.5 Å². The standard InChI is InChI=1S/C21H25N3O4S/c1-2-22-29(27,28)19-10-8-18(9-11-19)23-20(25)16-12-14-24(15-13-16)21(26)17-6-4-3-5-7-17/h3-11,16,22H,2,12-15H2,1H3,(H,23,25). The van der Waals surface area contributed by atoms with Crippen LogP contribution in [-0.4, -0.2) is 44.8 Å². The van der Waals surface area contributed by atoms with Crippen molar-refractivity contribution in [2.45, 2.75) is 24.7 Å². The van der Waals surface area contributed by atoms with Gasteiger partial charge in [0.2, 0.25) is 15.9 Å². The summed E-state index contributed by atoms with van der Waals surface area (Å²) in [5.74, 6) is -0.305. The van der Waals surface area contributed by atoms with Gasteiger partial charge in [0.15, 0.2) is 0 Å². The lowest BCUT2D eigenvalue weighted by Crippen LogP contribution is -2.41. The fourth-order valence-electron chi connectivity index (χ4n) is 3.34. The van der Waals surface area contributed by atoms with E-state index in [9.17, 15) is 18.0 Å². The molecule has 0 bridgehead atoms. The topological polar surface area (TPSA) is 95.6 Å². The molecular formula is C21H25N3O4S. The van der Waals surface area contributed by atoms with Gasteiger partial charge in [-0.25, -0.2) is 13.1 Å². The Morgan fingerprint density at radius 1 is 1.00 bits per heavy atom. The molecule has 2 aromatic rings. The molecule has 1 saturated heterocycles. The Kier molecular flexibility index (Phi) is 6.66. The second kappa shape index (κ2) is 9.19. The minimum Gasteiger partial charge on any atom is -0.339 e. The summed E-state index contributed by atoms with van der Waals surface area (Å²) in [4.78, 5) is 27.0. The number of hydrogen-bond donors (Lipinski definition) is 2. The monoisotopic (exact) mass is 415 g/mol. The summed E-state index contributed by atoms with van der Waals surface area (Å²) in [5, 5.41) is 2.84. The molecule has 0 atom stereocenters. The van der Waals surface area contributed by atoms with Crippen LogP contribution in [0.5, 0.6) is 0 Å². The molecule has 0 aromatic heterocycles. The van der Waals surface area contributed by atoms with Crippen molar-refractivity contribution in [1.82, 2.24) is 9.62 Å². The lowest BCUT2D eigenvalue weighted by atomic mass is 9.95. The van der Waals surface area contributed by atoms with Crippen molar-refractivity contribution in [3.8, 4) is 0 Å². The van der Waals surface area contributed by atoms with Crippen LogP contribution >= 0.6 is 0 Å². The van der Waals surface area contributed by atoms with Crippen LogP contribution in [0, 0.1) is 5.92 Å². The van der Waals surface area contributed by atoms with Crippen molar-refractivity contribution in [2.75, 3.05) is 25.0 Å². The first kappa shape index (κ1) is 21.0. The molecule has 0 unspecified atom stereocenters. The Hall–Kier alpha value is -2.71. The second-order valence-electron chi connectivity index (χ2n) is 6.95. The quantitative estimate of drug-likeness (QED) is 0.758. The lowest BCUT2D eigenvalue weighted by Gasteiger charge is -2.31. The summed E-state index contributed by atoms with van der Waals surface area (Å²) >= 11 is 0. The minimum absolute atomic E-state index is 0.0121. The van der Waals surface area contributed by atoms with Gasteiger partial charge in [-0.05, 0) is 49.2 Å². The maximum absolute atomic E-state index is 12.6. The third-order valence-corrected chi connectivity index (χ3v) is 6.50. The van der Waals surface area contributed by atoms with Crippen molar-refractivity contribution < 1.29 is 18.0 Å². The Morgan fingerprint density at radius 2 is 1.62 bits per heavy atom. The van der Waals surface area contributed by atoms with Gasteiger partial charge in [0.05, 0.1) is 4.90 Å². The average molecular weight is 416 g/mol. The molecule has 1 aliphatic rings. The Balaban J connectivity index is 1.54. The second-order valence-corrected chi connectivity index (χ2v) is 8.71. The summed E-state index contributed by atoms with van der Waals surface area (Å²) in [5.41, 5.74) is 1.20. The van der Waals surface area contributed by atoms with Gasteiger partial charge in [0.1, 0.15) is 0 Å². The zero-order valence-corrected chi connectivity index (χ0v) is 17.1. The normalized spacial score (nSPS) is 15.1. The van der Waals surface area contributed by atoms with Crippen LogP contribution in [0.3, 0.4) is 0 Å². The molecule has 0 aliphatic carbocycles. The maximum atomic E-state index is 12.6. The molecule has 0 saturated carbocycles. The van der Waals surface area contributed by atoms with E-state index in [1.54, 1.807) is 36.1 Å². The van der Waals surface area contributed by atoms with E-state index >= 15 is 0 Å². The highest BCUT2D eigenvalue weighted by molar-refractivity contribution is 7.89. The van der Waals surface area contributed by atoms with Gasteiger partial charge < -0.3 is 10.2 Å². The number of carbonyl (C=O) groups is 2. The third kappa shape index (κ3) is 5.21. The summed E-state index contributed by atoms with van der Waals surface area (Å²) in [6.07, 6.45) is 1.19. The first-order valence-corrected chi connectivity index (χ1v) is 11.1.